The molecule has 2 nitrogen and oxygen atoms in total. The Kier molecular flexibility index (Phi) is 5.56. The Morgan fingerprint density at radius 2 is 1.95 bits per heavy atom. The minimum atomic E-state index is 0.707. The second-order valence-corrected chi connectivity index (χ2v) is 5.06. The van der Waals surface area contributed by atoms with Crippen molar-refractivity contribution >= 4 is 16.7 Å². The summed E-state index contributed by atoms with van der Waals surface area (Å²) in [5, 5.41) is 0. The Bertz CT molecular complexity index is 674. The summed E-state index contributed by atoms with van der Waals surface area (Å²) in [7, 11) is 0. The maximum atomic E-state index is 5.85. The maximum Gasteiger partial charge on any atom is 0.226 e. The van der Waals surface area contributed by atoms with E-state index in [2.05, 4.69) is 50.0 Å². The zero-order valence-electron chi connectivity index (χ0n) is 13.1. The van der Waals surface area contributed by atoms with Gasteiger partial charge in [-0.1, -0.05) is 57.6 Å². The second-order valence-electron chi connectivity index (χ2n) is 5.06. The van der Waals surface area contributed by atoms with Crippen LogP contribution in [0.2, 0.25) is 0 Å². The van der Waals surface area contributed by atoms with Gasteiger partial charge >= 0.3 is 0 Å². The fourth-order valence-electron chi connectivity index (χ4n) is 2.05. The number of rotatable bonds is 2. The quantitative estimate of drug-likeness (QED) is 0.705. The lowest BCUT2D eigenvalue weighted by atomic mass is 10.1. The summed E-state index contributed by atoms with van der Waals surface area (Å²) in [5.74, 6) is 0.707. The largest absolute Gasteiger partial charge is 0.436 e. The van der Waals surface area contributed by atoms with E-state index in [1.165, 1.54) is 12.0 Å². The van der Waals surface area contributed by atoms with Crippen LogP contribution in [0.25, 0.3) is 16.7 Å². The number of aryl methyl sites for hydroxylation is 1. The molecule has 0 aliphatic heterocycles. The van der Waals surface area contributed by atoms with Gasteiger partial charge in [0.2, 0.25) is 5.89 Å². The van der Waals surface area contributed by atoms with Crippen molar-refractivity contribution in [2.75, 3.05) is 0 Å². The van der Waals surface area contributed by atoms with E-state index < -0.39 is 0 Å². The number of nitrogens with zero attached hydrogens (tertiary/aromatic N) is 1. The van der Waals surface area contributed by atoms with Gasteiger partial charge in [0.1, 0.15) is 5.52 Å². The molecule has 0 atom stereocenters. The number of benzene rings is 1. The van der Waals surface area contributed by atoms with Crippen molar-refractivity contribution in [3.05, 3.63) is 60.0 Å². The van der Waals surface area contributed by atoms with Gasteiger partial charge in [-0.2, -0.15) is 0 Å². The van der Waals surface area contributed by atoms with Crippen LogP contribution in [0, 0.1) is 0 Å². The lowest BCUT2D eigenvalue weighted by Gasteiger charge is -1.93. The van der Waals surface area contributed by atoms with Gasteiger partial charge in [-0.05, 0) is 36.6 Å². The third kappa shape index (κ3) is 3.94. The van der Waals surface area contributed by atoms with Gasteiger partial charge in [-0.25, -0.2) is 4.98 Å². The van der Waals surface area contributed by atoms with Crippen LogP contribution >= 0.6 is 0 Å². The van der Waals surface area contributed by atoms with Crippen LogP contribution in [0.3, 0.4) is 0 Å². The number of fused-ring (bicyclic) bond motifs is 1. The number of aromatic nitrogens is 1. The predicted molar refractivity (Wildman–Crippen MR) is 90.2 cm³/mol. The lowest BCUT2D eigenvalue weighted by molar-refractivity contribution is 0.585. The van der Waals surface area contributed by atoms with E-state index in [0.717, 1.165) is 29.5 Å². The molecule has 1 heterocycles. The van der Waals surface area contributed by atoms with Crippen molar-refractivity contribution in [1.29, 1.82) is 0 Å². The van der Waals surface area contributed by atoms with Crippen LogP contribution in [0.15, 0.2) is 53.0 Å². The first-order valence-electron chi connectivity index (χ1n) is 7.71. The van der Waals surface area contributed by atoms with Crippen molar-refractivity contribution < 1.29 is 4.42 Å². The zero-order valence-corrected chi connectivity index (χ0v) is 13.1. The summed E-state index contributed by atoms with van der Waals surface area (Å²) in [4.78, 5) is 4.54. The summed E-state index contributed by atoms with van der Waals surface area (Å²) in [5.41, 5.74) is 4.12. The van der Waals surface area contributed by atoms with Gasteiger partial charge < -0.3 is 4.42 Å². The molecule has 2 heteroatoms. The zero-order chi connectivity index (χ0) is 15.1. The molecule has 0 bridgehead atoms. The first-order valence-corrected chi connectivity index (χ1v) is 7.71. The highest BCUT2D eigenvalue weighted by Crippen LogP contribution is 2.24. The third-order valence-electron chi connectivity index (χ3n) is 3.10. The SMILES string of the molecule is CCC.CCc1ccc2nc(C3=CCC=CC=C3)oc2c1. The van der Waals surface area contributed by atoms with Crippen LogP contribution in [0.4, 0.5) is 0 Å². The molecular weight excluding hydrogens is 258 g/mol. The number of hydrogen-bond donors (Lipinski definition) is 0. The van der Waals surface area contributed by atoms with E-state index in [0.29, 0.717) is 5.89 Å². The van der Waals surface area contributed by atoms with Gasteiger partial charge in [0.05, 0.1) is 0 Å². The lowest BCUT2D eigenvalue weighted by Crippen LogP contribution is -1.79. The van der Waals surface area contributed by atoms with Crippen LogP contribution in [0.1, 0.15) is 45.1 Å². The Balaban J connectivity index is 0.000000497. The molecule has 0 saturated heterocycles. The van der Waals surface area contributed by atoms with Crippen molar-refractivity contribution in [2.45, 2.75) is 40.0 Å². The molecule has 1 aromatic carbocycles. The fraction of sp³-hybridized carbons (Fsp3) is 0.316. The molecule has 1 aromatic heterocycles. The maximum absolute atomic E-state index is 5.85. The number of oxazole rings is 1. The Morgan fingerprint density at radius 1 is 1.14 bits per heavy atom. The summed E-state index contributed by atoms with van der Waals surface area (Å²) >= 11 is 0. The van der Waals surface area contributed by atoms with E-state index in [1.54, 1.807) is 0 Å². The van der Waals surface area contributed by atoms with E-state index in [9.17, 15) is 0 Å². The third-order valence-corrected chi connectivity index (χ3v) is 3.10. The summed E-state index contributed by atoms with van der Waals surface area (Å²) in [6.45, 7) is 6.39. The molecule has 0 radical (unpaired) electrons. The highest BCUT2D eigenvalue weighted by Gasteiger charge is 2.09. The normalized spacial score (nSPS) is 13.6. The van der Waals surface area contributed by atoms with Crippen LogP contribution < -0.4 is 0 Å². The topological polar surface area (TPSA) is 26.0 Å². The Hall–Kier alpha value is -2.09. The minimum Gasteiger partial charge on any atom is -0.436 e. The van der Waals surface area contributed by atoms with Crippen LogP contribution in [-0.2, 0) is 6.42 Å². The second kappa shape index (κ2) is 7.63. The molecule has 0 spiro atoms. The van der Waals surface area contributed by atoms with E-state index in [4.69, 9.17) is 4.42 Å². The van der Waals surface area contributed by atoms with Gasteiger partial charge in [-0.15, -0.1) is 0 Å². The van der Waals surface area contributed by atoms with Gasteiger partial charge in [0.25, 0.3) is 0 Å². The molecule has 0 saturated carbocycles. The molecule has 3 rings (SSSR count). The highest BCUT2D eigenvalue weighted by molar-refractivity contribution is 5.79. The molecule has 0 fully saturated rings. The Labute approximate surface area is 126 Å². The molecular formula is C19H23NO. The first-order chi connectivity index (χ1) is 10.3. The molecule has 0 unspecified atom stereocenters. The first kappa shape index (κ1) is 15.3. The van der Waals surface area contributed by atoms with E-state index in [1.807, 2.05) is 24.3 Å². The average molecular weight is 281 g/mol. The summed E-state index contributed by atoms with van der Waals surface area (Å²) in [6, 6.07) is 6.21. The van der Waals surface area contributed by atoms with Crippen molar-refractivity contribution in [1.82, 2.24) is 4.98 Å². The van der Waals surface area contributed by atoms with Gasteiger partial charge in [-0.3, -0.25) is 0 Å². The average Bonchev–Trinajstić information content (AvgIpc) is 2.72. The highest BCUT2D eigenvalue weighted by atomic mass is 16.3. The van der Waals surface area contributed by atoms with Crippen molar-refractivity contribution in [3.8, 4) is 0 Å². The predicted octanol–water partition coefficient (Wildman–Crippen LogP) is 5.71. The summed E-state index contributed by atoms with van der Waals surface area (Å²) < 4.78 is 5.85. The smallest absolute Gasteiger partial charge is 0.226 e. The molecule has 21 heavy (non-hydrogen) atoms. The van der Waals surface area contributed by atoms with Gasteiger partial charge in [0.15, 0.2) is 5.58 Å². The monoisotopic (exact) mass is 281 g/mol. The minimum absolute atomic E-state index is 0.707. The molecule has 0 amide bonds. The molecule has 1 aliphatic rings. The number of hydrogen-bond acceptors (Lipinski definition) is 2. The molecule has 2 aromatic rings. The standard InChI is InChI=1S/C16H15NO.C3H8/c1-2-12-9-10-14-15(11-12)18-16(17-14)13-7-5-3-4-6-8-13;1-3-2/h3-5,7-11H,2,6H2,1H3;3H2,1-2H3. The Morgan fingerprint density at radius 3 is 2.71 bits per heavy atom. The van der Waals surface area contributed by atoms with Crippen molar-refractivity contribution in [2.24, 2.45) is 0 Å². The van der Waals surface area contributed by atoms with E-state index in [-0.39, 0.29) is 0 Å². The van der Waals surface area contributed by atoms with Crippen LogP contribution in [0.5, 0.6) is 0 Å². The molecule has 110 valence electrons. The fourth-order valence-corrected chi connectivity index (χ4v) is 2.05. The molecule has 1 aliphatic carbocycles. The van der Waals surface area contributed by atoms with Crippen LogP contribution in [-0.4, -0.2) is 4.98 Å². The summed E-state index contributed by atoms with van der Waals surface area (Å²) in [6.07, 6.45) is 13.5. The molecule has 0 N–H and O–H groups in total. The number of allylic oxidation sites excluding steroid dienone is 6. The van der Waals surface area contributed by atoms with Crippen molar-refractivity contribution in [3.63, 3.8) is 0 Å². The van der Waals surface area contributed by atoms with Gasteiger partial charge in [0, 0.05) is 5.57 Å². The van der Waals surface area contributed by atoms with E-state index >= 15 is 0 Å².